The van der Waals surface area contributed by atoms with Crippen LogP contribution in [-0.2, 0) is 0 Å². The first kappa shape index (κ1) is 25.4. The van der Waals surface area contributed by atoms with Crippen LogP contribution < -0.4 is 0 Å². The Morgan fingerprint density at radius 1 is 0.321 bits per heavy atom. The minimum absolute atomic E-state index is 1.18. The highest BCUT2D eigenvalue weighted by molar-refractivity contribution is 6.87. The Morgan fingerprint density at radius 3 is 0.679 bits per heavy atom. The maximum absolute atomic E-state index is 3.40. The van der Waals surface area contributed by atoms with Crippen molar-refractivity contribution >= 4 is 16.1 Å². The Kier molecular flexibility index (Phi) is 14.0. The second-order valence-corrected chi connectivity index (χ2v) is 16.3. The summed E-state index contributed by atoms with van der Waals surface area (Å²) in [6.45, 7) is 13.4. The van der Waals surface area contributed by atoms with Crippen molar-refractivity contribution in [3.63, 3.8) is 0 Å². The van der Waals surface area contributed by atoms with Gasteiger partial charge in [-0.25, -0.2) is 0 Å². The van der Waals surface area contributed by atoms with Gasteiger partial charge < -0.3 is 0 Å². The van der Waals surface area contributed by atoms with Crippen molar-refractivity contribution in [3.8, 4) is 82.1 Å². The molecule has 2 heteroatoms. The zero-order valence-electron chi connectivity index (χ0n) is 18.2. The fourth-order valence-electron chi connectivity index (χ4n) is 2.67. The third kappa shape index (κ3) is 9.89. The lowest BCUT2D eigenvalue weighted by Crippen LogP contribution is -2.29. The fourth-order valence-corrected chi connectivity index (χ4v) is 7.39. The van der Waals surface area contributed by atoms with Gasteiger partial charge in [-0.15, -0.1) is 11.1 Å². The predicted octanol–water partition coefficient (Wildman–Crippen LogP) is 5.11. The lowest BCUT2D eigenvalue weighted by atomic mass is 10.5. The molecule has 0 saturated heterocycles. The van der Waals surface area contributed by atoms with E-state index in [0.29, 0.717) is 0 Å². The van der Waals surface area contributed by atoms with Crippen LogP contribution in [0.1, 0.15) is 41.5 Å². The zero-order chi connectivity index (χ0) is 21.1. The van der Waals surface area contributed by atoms with Gasteiger partial charge in [-0.05, 0) is 107 Å². The summed E-state index contributed by atoms with van der Waals surface area (Å²) in [7, 11) is -2.83. The second kappa shape index (κ2) is 15.4. The van der Waals surface area contributed by atoms with E-state index in [4.69, 9.17) is 0 Å². The Bertz CT molecular complexity index is 831. The molecule has 0 rings (SSSR count). The van der Waals surface area contributed by atoms with Gasteiger partial charge in [0.2, 0.25) is 0 Å². The van der Waals surface area contributed by atoms with Crippen LogP contribution in [0.4, 0.5) is 0 Å². The van der Waals surface area contributed by atoms with E-state index in [-0.39, 0.29) is 0 Å². The number of rotatable bonds is 6. The van der Waals surface area contributed by atoms with Crippen LogP contribution >= 0.6 is 0 Å². The van der Waals surface area contributed by atoms with Gasteiger partial charge in [-0.3, -0.25) is 0 Å². The molecule has 0 spiro atoms. The molecule has 0 aliphatic heterocycles. The normalized spacial score (nSPS) is 8.64. The van der Waals surface area contributed by atoms with Crippen LogP contribution in [0.15, 0.2) is 0 Å². The largest absolute Gasteiger partial charge is 0.139 e. The minimum Gasteiger partial charge on any atom is -0.117 e. The summed E-state index contributed by atoms with van der Waals surface area (Å²) in [6, 6.07) is 7.07. The SMILES string of the molecule is CC[Si](C#CC#CC#CC#CC#CC#CC#C[Si](CC)(CC)CC)(CC)CC. The summed E-state index contributed by atoms with van der Waals surface area (Å²) >= 11 is 0. The Balaban J connectivity index is 4.76. The molecule has 0 heterocycles. The van der Waals surface area contributed by atoms with Crippen LogP contribution in [-0.4, -0.2) is 16.1 Å². The van der Waals surface area contributed by atoms with E-state index in [0.717, 1.165) is 0 Å². The van der Waals surface area contributed by atoms with Crippen molar-refractivity contribution in [1.82, 2.24) is 0 Å². The van der Waals surface area contributed by atoms with Crippen molar-refractivity contribution in [2.75, 3.05) is 0 Å². The van der Waals surface area contributed by atoms with Gasteiger partial charge in [0.05, 0.1) is 0 Å². The smallest absolute Gasteiger partial charge is 0.117 e. The molecule has 0 N–H and O–H groups in total. The highest BCUT2D eigenvalue weighted by atomic mass is 28.3. The Morgan fingerprint density at radius 2 is 0.500 bits per heavy atom. The van der Waals surface area contributed by atoms with Gasteiger partial charge >= 0.3 is 0 Å². The molecule has 0 unspecified atom stereocenters. The summed E-state index contributed by atoms with van der Waals surface area (Å²) in [5.41, 5.74) is 6.81. The third-order valence-corrected chi connectivity index (χ3v) is 14.8. The average molecular weight is 399 g/mol. The zero-order valence-corrected chi connectivity index (χ0v) is 20.2. The van der Waals surface area contributed by atoms with Gasteiger partial charge in [0.1, 0.15) is 16.1 Å². The van der Waals surface area contributed by atoms with Crippen LogP contribution in [0, 0.1) is 82.1 Å². The molecule has 0 fully saturated rings. The molecule has 0 aliphatic rings. The van der Waals surface area contributed by atoms with E-state index in [1.807, 2.05) is 0 Å². The molecule has 0 atom stereocenters. The van der Waals surface area contributed by atoms with E-state index in [1.165, 1.54) is 36.3 Å². The first-order valence-electron chi connectivity index (χ1n) is 10.1. The molecule has 0 bridgehead atoms. The van der Waals surface area contributed by atoms with Gasteiger partial charge in [-0.1, -0.05) is 41.5 Å². The van der Waals surface area contributed by atoms with Crippen molar-refractivity contribution in [3.05, 3.63) is 0 Å². The van der Waals surface area contributed by atoms with E-state index in [9.17, 15) is 0 Å². The van der Waals surface area contributed by atoms with Crippen molar-refractivity contribution in [2.24, 2.45) is 0 Å². The first-order chi connectivity index (χ1) is 13.6. The van der Waals surface area contributed by atoms with Crippen LogP contribution in [0.25, 0.3) is 0 Å². The number of hydrogen-bond acceptors (Lipinski definition) is 0. The summed E-state index contributed by atoms with van der Waals surface area (Å²) in [5, 5.41) is 0. The molecule has 0 aromatic carbocycles. The molecule has 0 aliphatic carbocycles. The molecule has 0 aromatic rings. The van der Waals surface area contributed by atoms with E-state index < -0.39 is 16.1 Å². The van der Waals surface area contributed by atoms with Gasteiger partial charge in [0.25, 0.3) is 0 Å². The number of hydrogen-bond donors (Lipinski definition) is 0. The molecule has 142 valence electrons. The van der Waals surface area contributed by atoms with Crippen LogP contribution in [0.3, 0.4) is 0 Å². The van der Waals surface area contributed by atoms with Crippen LogP contribution in [0.2, 0.25) is 36.3 Å². The summed E-state index contributed by atoms with van der Waals surface area (Å²) < 4.78 is 0. The molecule has 28 heavy (non-hydrogen) atoms. The Hall–Kier alpha value is -2.65. The van der Waals surface area contributed by atoms with Crippen LogP contribution in [0.5, 0.6) is 0 Å². The molecular formula is C26H30Si2. The maximum Gasteiger partial charge on any atom is 0.139 e. The highest BCUT2D eigenvalue weighted by Crippen LogP contribution is 2.19. The Labute approximate surface area is 176 Å². The van der Waals surface area contributed by atoms with Crippen molar-refractivity contribution in [1.29, 1.82) is 0 Å². The molecule has 0 radical (unpaired) electrons. The summed E-state index contributed by atoms with van der Waals surface area (Å²) in [5.74, 6) is 33.0. The van der Waals surface area contributed by atoms with E-state index >= 15 is 0 Å². The van der Waals surface area contributed by atoms with Gasteiger partial charge in [0.15, 0.2) is 0 Å². The first-order valence-corrected chi connectivity index (χ1v) is 15.4. The van der Waals surface area contributed by atoms with E-state index in [2.05, 4.69) is 124 Å². The predicted molar refractivity (Wildman–Crippen MR) is 129 cm³/mol. The summed E-state index contributed by atoms with van der Waals surface area (Å²) in [4.78, 5) is 0. The molecule has 0 aromatic heterocycles. The van der Waals surface area contributed by atoms with Gasteiger partial charge in [0, 0.05) is 0 Å². The van der Waals surface area contributed by atoms with Crippen molar-refractivity contribution < 1.29 is 0 Å². The van der Waals surface area contributed by atoms with E-state index in [1.54, 1.807) is 0 Å². The minimum atomic E-state index is -1.41. The molecule has 0 nitrogen and oxygen atoms in total. The second-order valence-electron chi connectivity index (χ2n) is 6.43. The van der Waals surface area contributed by atoms with Crippen molar-refractivity contribution in [2.45, 2.75) is 77.8 Å². The molecule has 0 saturated carbocycles. The topological polar surface area (TPSA) is 0 Å². The third-order valence-electron chi connectivity index (χ3n) is 5.40. The standard InChI is InChI=1S/C26H30Si2/c1-7-27(8-2,9-3)25-23-21-19-17-15-13-14-16-18-20-22-24-26-28(10-4,11-5)12-6/h7-12H2,1-6H3. The quantitative estimate of drug-likeness (QED) is 0.431. The lowest BCUT2D eigenvalue weighted by molar-refractivity contribution is 1.20. The molecular weight excluding hydrogens is 368 g/mol. The maximum atomic E-state index is 3.40. The fraction of sp³-hybridized carbons (Fsp3) is 0.462. The van der Waals surface area contributed by atoms with Gasteiger partial charge in [-0.2, -0.15) is 0 Å². The summed E-state index contributed by atoms with van der Waals surface area (Å²) in [6.07, 6.45) is 0. The lowest BCUT2D eigenvalue weighted by Gasteiger charge is -2.19. The monoisotopic (exact) mass is 398 g/mol. The average Bonchev–Trinajstić information content (AvgIpc) is 2.75. The highest BCUT2D eigenvalue weighted by Gasteiger charge is 2.24. The molecule has 0 amide bonds.